The Morgan fingerprint density at radius 3 is 2.08 bits per heavy atom. The molecule has 3 heterocycles. The Labute approximate surface area is 286 Å². The van der Waals surface area contributed by atoms with Gasteiger partial charge in [-0.3, -0.25) is 25.0 Å². The van der Waals surface area contributed by atoms with Gasteiger partial charge in [-0.05, 0) is 41.0 Å². The molecular formula is C35H35N5O10. The molecule has 260 valence electrons. The van der Waals surface area contributed by atoms with Crippen molar-refractivity contribution in [2.75, 3.05) is 20.8 Å². The zero-order valence-electron chi connectivity index (χ0n) is 27.6. The fraction of sp³-hybridized carbons (Fsp3) is 0.314. The summed E-state index contributed by atoms with van der Waals surface area (Å²) in [6, 6.07) is 23.3. The molecule has 1 saturated heterocycles. The summed E-state index contributed by atoms with van der Waals surface area (Å²) < 4.78 is 29.4. The normalized spacial score (nSPS) is 23.0. The summed E-state index contributed by atoms with van der Waals surface area (Å²) in [5, 5.41) is 16.0. The number of benzene rings is 3. The van der Waals surface area contributed by atoms with Gasteiger partial charge in [-0.2, -0.15) is 9.98 Å². The van der Waals surface area contributed by atoms with Crippen molar-refractivity contribution >= 4 is 35.5 Å². The van der Waals surface area contributed by atoms with Gasteiger partial charge in [0.2, 0.25) is 17.6 Å². The standard InChI is InChI=1S/C35H35N5O10/c1-20(41)36-32-38-31(44)30-35(39-32,50-21(2)42)40(33(45)37-30)29-18-27(43)28(49-29)19-48-34(22-8-6-5-7-9-22,23-10-14-25(46-3)15-11-23)24-12-16-26(47-4)17-13-24/h5-17,27-29,43H,18-19H2,1-4H3,(H2,36,38,39,41,44)/t27-,28+,29+,35-/m0/s1. The maximum Gasteiger partial charge on any atom is 0.351 e. The summed E-state index contributed by atoms with van der Waals surface area (Å²) in [7, 11) is 3.15. The Morgan fingerprint density at radius 2 is 1.54 bits per heavy atom. The summed E-state index contributed by atoms with van der Waals surface area (Å²) in [6.45, 7) is 2.06. The number of rotatable bonds is 10. The van der Waals surface area contributed by atoms with E-state index < -0.39 is 59.4 Å². The predicted octanol–water partition coefficient (Wildman–Crippen LogP) is 2.20. The molecule has 6 rings (SSSR count). The van der Waals surface area contributed by atoms with Crippen molar-refractivity contribution in [2.24, 2.45) is 9.98 Å². The molecule has 3 N–H and O–H groups in total. The summed E-state index contributed by atoms with van der Waals surface area (Å²) in [5.41, 5.74) is 0.487. The molecule has 50 heavy (non-hydrogen) atoms. The largest absolute Gasteiger partial charge is 0.497 e. The van der Waals surface area contributed by atoms with Crippen LogP contribution in [-0.4, -0.2) is 90.6 Å². The SMILES string of the molecule is COc1ccc(C(OC[C@H]2O[C@@H](N3C(=O)N=C4C(=O)NC(NC(C)=O)=N[C@@]43OC(C)=O)C[C@@H]2O)(c2ccccc2)c2ccc(OC)cc2)cc1. The van der Waals surface area contributed by atoms with Gasteiger partial charge in [0, 0.05) is 20.3 Å². The van der Waals surface area contributed by atoms with Crippen LogP contribution in [0.1, 0.15) is 37.0 Å². The quantitative estimate of drug-likeness (QED) is 0.211. The van der Waals surface area contributed by atoms with Gasteiger partial charge < -0.3 is 28.8 Å². The molecule has 0 radical (unpaired) electrons. The molecule has 1 fully saturated rings. The molecule has 0 aromatic heterocycles. The van der Waals surface area contributed by atoms with E-state index in [1.165, 1.54) is 6.92 Å². The molecule has 0 bridgehead atoms. The van der Waals surface area contributed by atoms with Crippen LogP contribution in [0.15, 0.2) is 88.8 Å². The number of amides is 4. The van der Waals surface area contributed by atoms with Crippen LogP contribution in [0, 0.1) is 0 Å². The van der Waals surface area contributed by atoms with Gasteiger partial charge in [-0.25, -0.2) is 9.69 Å². The Hall–Kier alpha value is -5.64. The molecule has 0 aliphatic carbocycles. The zero-order chi connectivity index (χ0) is 35.6. The van der Waals surface area contributed by atoms with Crippen LogP contribution in [-0.2, 0) is 34.2 Å². The minimum absolute atomic E-state index is 0.179. The number of hydrogen-bond acceptors (Lipinski definition) is 11. The number of aliphatic hydroxyl groups excluding tert-OH is 1. The van der Waals surface area contributed by atoms with Gasteiger partial charge in [0.1, 0.15) is 29.4 Å². The number of guanidine groups is 1. The van der Waals surface area contributed by atoms with Crippen molar-refractivity contribution in [3.8, 4) is 11.5 Å². The second-order valence-corrected chi connectivity index (χ2v) is 11.7. The van der Waals surface area contributed by atoms with Crippen LogP contribution >= 0.6 is 0 Å². The highest BCUT2D eigenvalue weighted by Crippen LogP contribution is 2.43. The molecule has 3 aromatic carbocycles. The van der Waals surface area contributed by atoms with E-state index in [4.69, 9.17) is 23.7 Å². The predicted molar refractivity (Wildman–Crippen MR) is 176 cm³/mol. The zero-order valence-corrected chi connectivity index (χ0v) is 27.6. The number of urea groups is 1. The molecule has 0 unspecified atom stereocenters. The van der Waals surface area contributed by atoms with Gasteiger partial charge in [-0.1, -0.05) is 54.6 Å². The van der Waals surface area contributed by atoms with Crippen molar-refractivity contribution in [2.45, 2.75) is 50.2 Å². The first-order chi connectivity index (χ1) is 24.0. The van der Waals surface area contributed by atoms with Crippen molar-refractivity contribution in [3.63, 3.8) is 0 Å². The number of nitrogens with zero attached hydrogens (tertiary/aromatic N) is 3. The third-order valence-corrected chi connectivity index (χ3v) is 8.47. The van der Waals surface area contributed by atoms with E-state index in [1.807, 2.05) is 78.9 Å². The third kappa shape index (κ3) is 6.17. The van der Waals surface area contributed by atoms with Gasteiger partial charge >= 0.3 is 17.8 Å². The molecule has 4 amide bonds. The number of ether oxygens (including phenoxy) is 5. The lowest BCUT2D eigenvalue weighted by molar-refractivity contribution is -0.178. The molecule has 3 aliphatic heterocycles. The van der Waals surface area contributed by atoms with Gasteiger partial charge in [-0.15, -0.1) is 0 Å². The minimum Gasteiger partial charge on any atom is -0.497 e. The molecule has 4 atom stereocenters. The first-order valence-corrected chi connectivity index (χ1v) is 15.6. The lowest BCUT2D eigenvalue weighted by atomic mass is 9.80. The van der Waals surface area contributed by atoms with Crippen molar-refractivity contribution in [1.29, 1.82) is 0 Å². The highest BCUT2D eigenvalue weighted by molar-refractivity contribution is 6.48. The van der Waals surface area contributed by atoms with Crippen LogP contribution in [0.3, 0.4) is 0 Å². The monoisotopic (exact) mass is 685 g/mol. The Balaban J connectivity index is 1.36. The lowest BCUT2D eigenvalue weighted by Gasteiger charge is -2.39. The van der Waals surface area contributed by atoms with E-state index in [0.29, 0.717) is 11.5 Å². The maximum atomic E-state index is 13.4. The first-order valence-electron chi connectivity index (χ1n) is 15.6. The maximum absolute atomic E-state index is 13.4. The smallest absolute Gasteiger partial charge is 0.351 e. The minimum atomic E-state index is -2.40. The van der Waals surface area contributed by atoms with Crippen LogP contribution in [0.4, 0.5) is 4.79 Å². The average Bonchev–Trinajstić information content (AvgIpc) is 3.60. The summed E-state index contributed by atoms with van der Waals surface area (Å²) in [6.07, 6.45) is -3.68. The first kappa shape index (κ1) is 34.2. The van der Waals surface area contributed by atoms with E-state index in [1.54, 1.807) is 14.2 Å². The van der Waals surface area contributed by atoms with Gasteiger partial charge in [0.25, 0.3) is 5.91 Å². The number of hydrogen-bond donors (Lipinski definition) is 3. The Kier molecular flexibility index (Phi) is 9.38. The second-order valence-electron chi connectivity index (χ2n) is 11.7. The van der Waals surface area contributed by atoms with Crippen LogP contribution in [0.5, 0.6) is 11.5 Å². The number of fused-ring (bicyclic) bond motifs is 1. The van der Waals surface area contributed by atoms with Crippen molar-refractivity contribution < 1.29 is 48.0 Å². The van der Waals surface area contributed by atoms with Gasteiger partial charge in [0.15, 0.2) is 0 Å². The van der Waals surface area contributed by atoms with Crippen molar-refractivity contribution in [3.05, 3.63) is 95.6 Å². The number of carbonyl (C=O) groups is 4. The molecule has 0 saturated carbocycles. The summed E-state index contributed by atoms with van der Waals surface area (Å²) >= 11 is 0. The molecule has 0 spiro atoms. The van der Waals surface area contributed by atoms with E-state index in [-0.39, 0.29) is 19.0 Å². The topological polar surface area (TPSA) is 187 Å². The lowest BCUT2D eigenvalue weighted by Crippen LogP contribution is -2.65. The second kappa shape index (κ2) is 13.7. The van der Waals surface area contributed by atoms with Crippen LogP contribution in [0.2, 0.25) is 0 Å². The third-order valence-electron chi connectivity index (χ3n) is 8.47. The van der Waals surface area contributed by atoms with Gasteiger partial charge in [0.05, 0.1) is 26.9 Å². The number of esters is 1. The Bertz CT molecular complexity index is 1800. The molecule has 3 aliphatic rings. The number of methoxy groups -OCH3 is 2. The molecule has 15 nitrogen and oxygen atoms in total. The number of nitrogens with one attached hydrogen (secondary N) is 2. The van der Waals surface area contributed by atoms with Crippen LogP contribution < -0.4 is 20.1 Å². The number of aliphatic imine (C=N–C) groups is 2. The highest BCUT2D eigenvalue weighted by Gasteiger charge is 2.62. The number of aliphatic hydroxyl groups is 1. The van der Waals surface area contributed by atoms with E-state index in [9.17, 15) is 24.3 Å². The molecular weight excluding hydrogens is 650 g/mol. The summed E-state index contributed by atoms with van der Waals surface area (Å²) in [5.74, 6) is -3.90. The van der Waals surface area contributed by atoms with E-state index in [2.05, 4.69) is 20.6 Å². The Morgan fingerprint density at radius 1 is 0.960 bits per heavy atom. The summed E-state index contributed by atoms with van der Waals surface area (Å²) in [4.78, 5) is 59.5. The van der Waals surface area contributed by atoms with E-state index >= 15 is 0 Å². The number of carbonyl (C=O) groups excluding carboxylic acids is 4. The van der Waals surface area contributed by atoms with Crippen LogP contribution in [0.25, 0.3) is 0 Å². The highest BCUT2D eigenvalue weighted by atomic mass is 16.6. The van der Waals surface area contributed by atoms with Crippen molar-refractivity contribution in [1.82, 2.24) is 15.5 Å². The van der Waals surface area contributed by atoms with E-state index in [0.717, 1.165) is 28.5 Å². The average molecular weight is 686 g/mol. The molecule has 15 heteroatoms. The fourth-order valence-corrected chi connectivity index (χ4v) is 6.29. The molecule has 3 aromatic rings. The fourth-order valence-electron chi connectivity index (χ4n) is 6.29.